The van der Waals surface area contributed by atoms with E-state index in [-0.39, 0.29) is 29.0 Å². The van der Waals surface area contributed by atoms with Gasteiger partial charge in [0, 0.05) is 29.1 Å². The van der Waals surface area contributed by atoms with Crippen molar-refractivity contribution >= 4 is 21.6 Å². The molecule has 0 fully saturated rings. The van der Waals surface area contributed by atoms with Crippen LogP contribution < -0.4 is 9.46 Å². The highest BCUT2D eigenvalue weighted by Gasteiger charge is 2.20. The average molecular weight is 475 g/mol. The van der Waals surface area contributed by atoms with E-state index >= 15 is 0 Å². The molecular weight excluding hydrogens is 452 g/mol. The number of rotatable bonds is 8. The minimum Gasteiger partial charge on any atom is -0.470 e. The van der Waals surface area contributed by atoms with Crippen molar-refractivity contribution in [3.05, 3.63) is 95.9 Å². The quantitative estimate of drug-likeness (QED) is 0.376. The lowest BCUT2D eigenvalue weighted by molar-refractivity contribution is 0.101. The number of ketones is 1. The fourth-order valence-electron chi connectivity index (χ4n) is 3.10. The zero-order chi connectivity index (χ0) is 24.1. The largest absolute Gasteiger partial charge is 0.470 e. The first-order valence-corrected chi connectivity index (χ1v) is 11.9. The van der Waals surface area contributed by atoms with Crippen LogP contribution in [0.1, 0.15) is 28.4 Å². The Morgan fingerprint density at radius 2 is 1.74 bits per heavy atom. The molecule has 2 aromatic heterocycles. The van der Waals surface area contributed by atoms with E-state index in [1.807, 2.05) is 13.0 Å². The van der Waals surface area contributed by atoms with E-state index in [1.165, 1.54) is 25.3 Å². The maximum Gasteiger partial charge on any atom is 0.263 e. The van der Waals surface area contributed by atoms with Crippen LogP contribution in [0.5, 0.6) is 5.88 Å². The molecule has 0 saturated carbocycles. The molecule has 0 spiro atoms. The average Bonchev–Trinajstić information content (AvgIpc) is 2.84. The Labute approximate surface area is 197 Å². The second-order valence-corrected chi connectivity index (χ2v) is 9.29. The summed E-state index contributed by atoms with van der Waals surface area (Å²) in [5.74, 6) is -0.0553. The van der Waals surface area contributed by atoms with Gasteiger partial charge in [0.05, 0.1) is 16.8 Å². The molecule has 1 N–H and O–H groups in total. The summed E-state index contributed by atoms with van der Waals surface area (Å²) in [4.78, 5) is 24.5. The van der Waals surface area contributed by atoms with E-state index in [9.17, 15) is 13.2 Å². The topological polar surface area (TPSA) is 111 Å². The van der Waals surface area contributed by atoms with Gasteiger partial charge in [-0.05, 0) is 32.0 Å². The van der Waals surface area contributed by atoms with Crippen molar-refractivity contribution < 1.29 is 17.9 Å². The van der Waals surface area contributed by atoms with E-state index < -0.39 is 10.0 Å². The second-order valence-electron chi connectivity index (χ2n) is 7.61. The summed E-state index contributed by atoms with van der Waals surface area (Å²) in [7, 11) is -3.91. The predicted octanol–water partition coefficient (Wildman–Crippen LogP) is 4.43. The van der Waals surface area contributed by atoms with Gasteiger partial charge in [-0.3, -0.25) is 14.5 Å². The summed E-state index contributed by atoms with van der Waals surface area (Å²) in [5, 5.41) is 0. The highest BCUT2D eigenvalue weighted by molar-refractivity contribution is 7.92. The molecule has 0 unspecified atom stereocenters. The fraction of sp³-hybridized carbons (Fsp3) is 0.120. The Kier molecular flexibility index (Phi) is 6.65. The normalized spacial score (nSPS) is 11.1. The minimum absolute atomic E-state index is 0.0210. The number of sulfonamides is 1. The van der Waals surface area contributed by atoms with Crippen molar-refractivity contribution in [3.63, 3.8) is 0 Å². The van der Waals surface area contributed by atoms with Gasteiger partial charge in [-0.25, -0.2) is 18.4 Å². The molecule has 0 bridgehead atoms. The lowest BCUT2D eigenvalue weighted by atomic mass is 10.1. The van der Waals surface area contributed by atoms with E-state index in [0.717, 1.165) is 11.1 Å². The molecule has 34 heavy (non-hydrogen) atoms. The standard InChI is InChI=1S/C25H22N4O4S/c1-17-5-11-22(12-6-17)34(31,32)29-24-25(33-16-19-4-3-13-26-14-19)28-23(15-27-24)21-9-7-20(8-10-21)18(2)30/h3-15H,16H2,1-2H3,(H,27,29). The van der Waals surface area contributed by atoms with Crippen LogP contribution in [-0.4, -0.2) is 29.2 Å². The first kappa shape index (κ1) is 23.1. The smallest absolute Gasteiger partial charge is 0.263 e. The van der Waals surface area contributed by atoms with Gasteiger partial charge in [-0.1, -0.05) is 48.0 Å². The number of aromatic nitrogens is 3. The van der Waals surface area contributed by atoms with Crippen LogP contribution in [0.3, 0.4) is 0 Å². The van der Waals surface area contributed by atoms with Crippen LogP contribution in [0.25, 0.3) is 11.3 Å². The van der Waals surface area contributed by atoms with Crippen LogP contribution in [0.2, 0.25) is 0 Å². The highest BCUT2D eigenvalue weighted by atomic mass is 32.2. The van der Waals surface area contributed by atoms with E-state index in [2.05, 4.69) is 19.7 Å². The van der Waals surface area contributed by atoms with Gasteiger partial charge in [0.1, 0.15) is 6.61 Å². The summed E-state index contributed by atoms with van der Waals surface area (Å²) < 4.78 is 34.2. The van der Waals surface area contributed by atoms with Crippen molar-refractivity contribution in [1.29, 1.82) is 0 Å². The molecule has 2 heterocycles. The zero-order valence-corrected chi connectivity index (χ0v) is 19.4. The minimum atomic E-state index is -3.91. The number of anilines is 1. The monoisotopic (exact) mass is 474 g/mol. The van der Waals surface area contributed by atoms with Gasteiger partial charge >= 0.3 is 0 Å². The fourth-order valence-corrected chi connectivity index (χ4v) is 4.10. The van der Waals surface area contributed by atoms with Gasteiger partial charge in [0.2, 0.25) is 5.82 Å². The number of aryl methyl sites for hydroxylation is 1. The molecule has 9 heteroatoms. The Morgan fingerprint density at radius 3 is 2.38 bits per heavy atom. The third-order valence-electron chi connectivity index (χ3n) is 4.99. The molecule has 0 aliphatic heterocycles. The predicted molar refractivity (Wildman–Crippen MR) is 128 cm³/mol. The van der Waals surface area contributed by atoms with Crippen molar-refractivity contribution in [2.45, 2.75) is 25.3 Å². The number of hydrogen-bond acceptors (Lipinski definition) is 7. The van der Waals surface area contributed by atoms with Crippen LogP contribution >= 0.6 is 0 Å². The molecule has 4 rings (SSSR count). The van der Waals surface area contributed by atoms with Crippen LogP contribution in [-0.2, 0) is 16.6 Å². The van der Waals surface area contributed by atoms with Gasteiger partial charge < -0.3 is 4.74 Å². The van der Waals surface area contributed by atoms with E-state index in [1.54, 1.807) is 54.9 Å². The summed E-state index contributed by atoms with van der Waals surface area (Å²) >= 11 is 0. The molecule has 4 aromatic rings. The summed E-state index contributed by atoms with van der Waals surface area (Å²) in [6, 6.07) is 17.0. The lowest BCUT2D eigenvalue weighted by Gasteiger charge is -2.13. The number of pyridine rings is 1. The summed E-state index contributed by atoms with van der Waals surface area (Å²) in [5.41, 5.74) is 3.48. The molecule has 0 amide bonds. The first-order chi connectivity index (χ1) is 16.3. The van der Waals surface area contributed by atoms with Crippen molar-refractivity contribution in [2.75, 3.05) is 4.72 Å². The second kappa shape index (κ2) is 9.80. The molecule has 0 atom stereocenters. The van der Waals surface area contributed by atoms with Gasteiger partial charge in [0.15, 0.2) is 5.78 Å². The van der Waals surface area contributed by atoms with Crippen LogP contribution in [0.15, 0.2) is 84.1 Å². The number of benzene rings is 2. The molecule has 172 valence electrons. The third kappa shape index (κ3) is 5.44. The maximum absolute atomic E-state index is 12.9. The van der Waals surface area contributed by atoms with Crippen LogP contribution in [0, 0.1) is 6.92 Å². The van der Waals surface area contributed by atoms with Crippen LogP contribution in [0.4, 0.5) is 5.82 Å². The van der Waals surface area contributed by atoms with Gasteiger partial charge in [-0.2, -0.15) is 0 Å². The number of carbonyl (C=O) groups excluding carboxylic acids is 1. The Bertz CT molecular complexity index is 1410. The number of nitrogens with zero attached hydrogens (tertiary/aromatic N) is 3. The molecule has 2 aromatic carbocycles. The molecule has 0 radical (unpaired) electrons. The third-order valence-corrected chi connectivity index (χ3v) is 6.34. The number of ether oxygens (including phenoxy) is 1. The summed E-state index contributed by atoms with van der Waals surface area (Å²) in [6.07, 6.45) is 4.75. The first-order valence-electron chi connectivity index (χ1n) is 10.4. The molecule has 0 saturated heterocycles. The molecule has 8 nitrogen and oxygen atoms in total. The van der Waals surface area contributed by atoms with Crippen molar-refractivity contribution in [3.8, 4) is 17.1 Å². The van der Waals surface area contributed by atoms with E-state index in [4.69, 9.17) is 4.74 Å². The van der Waals surface area contributed by atoms with Gasteiger partial charge in [-0.15, -0.1) is 0 Å². The molecular formula is C25H22N4O4S. The lowest BCUT2D eigenvalue weighted by Crippen LogP contribution is -2.15. The molecule has 0 aliphatic rings. The zero-order valence-electron chi connectivity index (χ0n) is 18.6. The summed E-state index contributed by atoms with van der Waals surface area (Å²) in [6.45, 7) is 3.49. The van der Waals surface area contributed by atoms with Crippen molar-refractivity contribution in [2.24, 2.45) is 0 Å². The molecule has 0 aliphatic carbocycles. The Balaban J connectivity index is 1.68. The number of hydrogen-bond donors (Lipinski definition) is 1. The number of Topliss-reactive ketones (excluding diaryl/α,β-unsaturated/α-hetero) is 1. The highest BCUT2D eigenvalue weighted by Crippen LogP contribution is 2.28. The number of nitrogens with one attached hydrogen (secondary N) is 1. The Morgan fingerprint density at radius 1 is 1.00 bits per heavy atom. The number of carbonyl (C=O) groups is 1. The maximum atomic E-state index is 12.9. The Hall–Kier alpha value is -4.11. The van der Waals surface area contributed by atoms with E-state index in [0.29, 0.717) is 16.8 Å². The van der Waals surface area contributed by atoms with Crippen molar-refractivity contribution in [1.82, 2.24) is 15.0 Å². The SMILES string of the molecule is CC(=O)c1ccc(-c2cnc(NS(=O)(=O)c3ccc(C)cc3)c(OCc3cccnc3)n2)cc1. The van der Waals surface area contributed by atoms with Gasteiger partial charge in [0.25, 0.3) is 15.9 Å².